The summed E-state index contributed by atoms with van der Waals surface area (Å²) in [6.45, 7) is 0. The van der Waals surface area contributed by atoms with E-state index in [0.717, 1.165) is 6.07 Å². The van der Waals surface area contributed by atoms with Crippen molar-refractivity contribution < 1.29 is 22.7 Å². The van der Waals surface area contributed by atoms with Gasteiger partial charge in [0.15, 0.2) is 0 Å². The molecule has 16 heavy (non-hydrogen) atoms. The van der Waals surface area contributed by atoms with E-state index in [9.17, 15) is 18.0 Å². The third kappa shape index (κ3) is 2.98. The Morgan fingerprint density at radius 2 is 2.12 bits per heavy atom. The zero-order chi connectivity index (χ0) is 12.1. The summed E-state index contributed by atoms with van der Waals surface area (Å²) in [4.78, 5) is 10.8. The number of benzene rings is 1. The first-order chi connectivity index (χ1) is 7.56. The molecule has 1 aromatic carbocycles. The Balaban J connectivity index is 2.87. The summed E-state index contributed by atoms with van der Waals surface area (Å²) in [5, 5.41) is 0. The van der Waals surface area contributed by atoms with E-state index in [1.807, 2.05) is 0 Å². The monoisotopic (exact) mass is 232 g/mol. The number of aryl methyl sites for hydroxylation is 1. The molecule has 0 bridgehead atoms. The number of esters is 1. The predicted octanol–water partition coefficient (Wildman–Crippen LogP) is 2.87. The highest BCUT2D eigenvalue weighted by Gasteiger charge is 2.18. The third-order valence-corrected chi connectivity index (χ3v) is 2.19. The van der Waals surface area contributed by atoms with Crippen molar-refractivity contribution in [2.24, 2.45) is 0 Å². The largest absolute Gasteiger partial charge is 0.469 e. The second-order valence-corrected chi connectivity index (χ2v) is 3.19. The number of carbonyl (C=O) groups excluding carboxylic acids is 1. The average Bonchev–Trinajstić information content (AvgIpc) is 2.25. The highest BCUT2D eigenvalue weighted by atomic mass is 19.3. The van der Waals surface area contributed by atoms with Gasteiger partial charge in [-0.05, 0) is 18.1 Å². The van der Waals surface area contributed by atoms with Crippen LogP contribution in [0.2, 0.25) is 0 Å². The lowest BCUT2D eigenvalue weighted by Gasteiger charge is -2.08. The number of hydrogen-bond donors (Lipinski definition) is 0. The molecule has 0 heterocycles. The van der Waals surface area contributed by atoms with Crippen LogP contribution in [-0.4, -0.2) is 13.1 Å². The lowest BCUT2D eigenvalue weighted by Crippen LogP contribution is -2.05. The molecule has 1 rings (SSSR count). The summed E-state index contributed by atoms with van der Waals surface area (Å²) in [5.41, 5.74) is -0.494. The molecule has 0 aliphatic carbocycles. The number of methoxy groups -OCH3 is 1. The number of carbonyl (C=O) groups is 1. The molecular weight excluding hydrogens is 221 g/mol. The quantitative estimate of drug-likeness (QED) is 0.746. The van der Waals surface area contributed by atoms with Gasteiger partial charge in [0.25, 0.3) is 6.43 Å². The minimum absolute atomic E-state index is 0.0420. The van der Waals surface area contributed by atoms with Gasteiger partial charge >= 0.3 is 5.97 Å². The maximum absolute atomic E-state index is 13.1. The number of halogens is 3. The molecule has 0 radical (unpaired) electrons. The van der Waals surface area contributed by atoms with Crippen molar-refractivity contribution in [1.82, 2.24) is 0 Å². The third-order valence-electron chi connectivity index (χ3n) is 2.19. The van der Waals surface area contributed by atoms with Gasteiger partial charge < -0.3 is 4.74 Å². The van der Waals surface area contributed by atoms with E-state index < -0.39 is 23.8 Å². The fourth-order valence-electron chi connectivity index (χ4n) is 1.38. The maximum Gasteiger partial charge on any atom is 0.305 e. The SMILES string of the molecule is COC(=O)CCc1cccc(F)c1C(F)F. The van der Waals surface area contributed by atoms with Crippen molar-refractivity contribution in [3.05, 3.63) is 35.1 Å². The van der Waals surface area contributed by atoms with E-state index >= 15 is 0 Å². The molecule has 1 aromatic rings. The second kappa shape index (κ2) is 5.53. The highest BCUT2D eigenvalue weighted by molar-refractivity contribution is 5.69. The molecule has 0 amide bonds. The number of hydrogen-bond acceptors (Lipinski definition) is 2. The Morgan fingerprint density at radius 3 is 2.69 bits per heavy atom. The van der Waals surface area contributed by atoms with E-state index in [0.29, 0.717) is 0 Å². The molecule has 0 unspecified atom stereocenters. The standard InChI is InChI=1S/C11H11F3O2/c1-16-9(15)6-5-7-3-2-4-8(12)10(7)11(13)14/h2-4,11H,5-6H2,1H3. The summed E-state index contributed by atoms with van der Waals surface area (Å²) in [6, 6.07) is 3.70. The van der Waals surface area contributed by atoms with Crippen LogP contribution in [0.4, 0.5) is 13.2 Å². The minimum atomic E-state index is -2.88. The Morgan fingerprint density at radius 1 is 1.44 bits per heavy atom. The van der Waals surface area contributed by atoms with E-state index in [1.165, 1.54) is 19.2 Å². The number of rotatable bonds is 4. The van der Waals surface area contributed by atoms with Gasteiger partial charge in [0, 0.05) is 6.42 Å². The average molecular weight is 232 g/mol. The van der Waals surface area contributed by atoms with Gasteiger partial charge in [0.1, 0.15) is 5.82 Å². The van der Waals surface area contributed by atoms with Crippen LogP contribution in [0.25, 0.3) is 0 Å². The molecule has 0 aromatic heterocycles. The Bertz CT molecular complexity index is 377. The molecule has 0 spiro atoms. The van der Waals surface area contributed by atoms with Crippen LogP contribution in [-0.2, 0) is 16.0 Å². The van der Waals surface area contributed by atoms with Crippen molar-refractivity contribution in [3.8, 4) is 0 Å². The first-order valence-electron chi connectivity index (χ1n) is 4.68. The van der Waals surface area contributed by atoms with Crippen molar-refractivity contribution in [2.75, 3.05) is 7.11 Å². The van der Waals surface area contributed by atoms with E-state index in [4.69, 9.17) is 0 Å². The molecule has 0 N–H and O–H groups in total. The molecule has 0 saturated carbocycles. The zero-order valence-electron chi connectivity index (χ0n) is 8.67. The first-order valence-corrected chi connectivity index (χ1v) is 4.68. The first kappa shape index (κ1) is 12.5. The van der Waals surface area contributed by atoms with E-state index in [1.54, 1.807) is 0 Å². The van der Waals surface area contributed by atoms with Crippen LogP contribution in [0, 0.1) is 5.82 Å². The Kier molecular flexibility index (Phi) is 4.34. The fourth-order valence-corrected chi connectivity index (χ4v) is 1.38. The highest BCUT2D eigenvalue weighted by Crippen LogP contribution is 2.26. The Labute approximate surface area is 91.0 Å². The van der Waals surface area contributed by atoms with Gasteiger partial charge in [0.2, 0.25) is 0 Å². The number of alkyl halides is 2. The molecule has 88 valence electrons. The van der Waals surface area contributed by atoms with Crippen molar-refractivity contribution in [2.45, 2.75) is 19.3 Å². The zero-order valence-corrected chi connectivity index (χ0v) is 8.67. The lowest BCUT2D eigenvalue weighted by atomic mass is 10.0. The maximum atomic E-state index is 13.1. The topological polar surface area (TPSA) is 26.3 Å². The predicted molar refractivity (Wildman–Crippen MR) is 51.7 cm³/mol. The van der Waals surface area contributed by atoms with Gasteiger partial charge in [-0.3, -0.25) is 4.79 Å². The second-order valence-electron chi connectivity index (χ2n) is 3.19. The summed E-state index contributed by atoms with van der Waals surface area (Å²) >= 11 is 0. The van der Waals surface area contributed by atoms with Crippen LogP contribution in [0.5, 0.6) is 0 Å². The van der Waals surface area contributed by atoms with Gasteiger partial charge in [-0.1, -0.05) is 12.1 Å². The van der Waals surface area contributed by atoms with Gasteiger partial charge in [0.05, 0.1) is 12.7 Å². The van der Waals surface area contributed by atoms with Gasteiger partial charge in [-0.15, -0.1) is 0 Å². The molecule has 0 atom stereocenters. The molecular formula is C11H11F3O2. The molecule has 0 aliphatic heterocycles. The summed E-state index contributed by atoms with van der Waals surface area (Å²) < 4.78 is 42.6. The fraction of sp³-hybridized carbons (Fsp3) is 0.364. The lowest BCUT2D eigenvalue weighted by molar-refractivity contribution is -0.140. The summed E-state index contributed by atoms with van der Waals surface area (Å²) in [6.07, 6.45) is -2.88. The summed E-state index contributed by atoms with van der Waals surface area (Å²) in [7, 11) is 1.21. The van der Waals surface area contributed by atoms with Crippen LogP contribution < -0.4 is 0 Å². The van der Waals surface area contributed by atoms with Crippen molar-refractivity contribution in [3.63, 3.8) is 0 Å². The molecule has 5 heteroatoms. The summed E-state index contributed by atoms with van der Waals surface area (Å²) in [5.74, 6) is -1.46. The van der Waals surface area contributed by atoms with E-state index in [2.05, 4.69) is 4.74 Å². The number of ether oxygens (including phenoxy) is 1. The van der Waals surface area contributed by atoms with Crippen molar-refractivity contribution in [1.29, 1.82) is 0 Å². The molecule has 0 saturated heterocycles. The smallest absolute Gasteiger partial charge is 0.305 e. The van der Waals surface area contributed by atoms with Crippen LogP contribution in [0.15, 0.2) is 18.2 Å². The minimum Gasteiger partial charge on any atom is -0.469 e. The van der Waals surface area contributed by atoms with E-state index in [-0.39, 0.29) is 18.4 Å². The molecule has 2 nitrogen and oxygen atoms in total. The van der Waals surface area contributed by atoms with Crippen LogP contribution in [0.1, 0.15) is 24.0 Å². The molecule has 0 aliphatic rings. The Hall–Kier alpha value is -1.52. The van der Waals surface area contributed by atoms with Gasteiger partial charge in [-0.25, -0.2) is 13.2 Å². The normalized spacial score (nSPS) is 10.6. The van der Waals surface area contributed by atoms with Crippen LogP contribution in [0.3, 0.4) is 0 Å². The van der Waals surface area contributed by atoms with Crippen LogP contribution >= 0.6 is 0 Å². The van der Waals surface area contributed by atoms with Gasteiger partial charge in [-0.2, -0.15) is 0 Å². The van der Waals surface area contributed by atoms with Crippen molar-refractivity contribution >= 4 is 5.97 Å². The molecule has 0 fully saturated rings.